The van der Waals surface area contributed by atoms with E-state index < -0.39 is 0 Å². The molecule has 0 unspecified atom stereocenters. The zero-order valence-corrected chi connectivity index (χ0v) is 12.4. The maximum absolute atomic E-state index is 5.49. The Hall–Kier alpha value is -2.13. The van der Waals surface area contributed by atoms with Gasteiger partial charge in [-0.25, -0.2) is 4.68 Å². The van der Waals surface area contributed by atoms with Crippen molar-refractivity contribution >= 4 is 12.2 Å². The number of aromatic amines is 1. The van der Waals surface area contributed by atoms with E-state index in [-0.39, 0.29) is 0 Å². The van der Waals surface area contributed by atoms with Crippen LogP contribution in [0.25, 0.3) is 16.9 Å². The van der Waals surface area contributed by atoms with E-state index in [0.717, 1.165) is 21.6 Å². The number of aromatic nitrogens is 2. The van der Waals surface area contributed by atoms with Gasteiger partial charge >= 0.3 is 0 Å². The highest BCUT2D eigenvalue weighted by Crippen LogP contribution is 2.21. The summed E-state index contributed by atoms with van der Waals surface area (Å²) in [7, 11) is 0. The summed E-state index contributed by atoms with van der Waals surface area (Å²) in [5.74, 6) is 0. The standard InChI is InChI=1S/C17H16N2S/c1-12-8-9-13(2)16(10-12)19-17(20)11-15(18-19)14-6-4-3-5-7-14/h3-11,18H,1-2H3. The zero-order valence-electron chi connectivity index (χ0n) is 11.6. The van der Waals surface area contributed by atoms with Crippen LogP contribution in [-0.2, 0) is 0 Å². The number of rotatable bonds is 2. The van der Waals surface area contributed by atoms with Gasteiger partial charge in [-0.2, -0.15) is 0 Å². The van der Waals surface area contributed by atoms with E-state index in [1.165, 1.54) is 11.1 Å². The van der Waals surface area contributed by atoms with Crippen LogP contribution >= 0.6 is 12.2 Å². The Morgan fingerprint density at radius 1 is 0.950 bits per heavy atom. The number of H-pyrrole nitrogens is 1. The molecule has 0 aliphatic rings. The molecule has 3 rings (SSSR count). The molecule has 2 nitrogen and oxygen atoms in total. The van der Waals surface area contributed by atoms with Crippen LogP contribution < -0.4 is 0 Å². The molecule has 20 heavy (non-hydrogen) atoms. The summed E-state index contributed by atoms with van der Waals surface area (Å²) in [6.07, 6.45) is 0. The van der Waals surface area contributed by atoms with Crippen molar-refractivity contribution in [3.63, 3.8) is 0 Å². The van der Waals surface area contributed by atoms with Crippen LogP contribution in [0.2, 0.25) is 0 Å². The molecule has 0 spiro atoms. The Bertz CT molecular complexity index is 797. The third-order valence-corrected chi connectivity index (χ3v) is 3.71. The first-order valence-corrected chi connectivity index (χ1v) is 7.01. The first-order chi connectivity index (χ1) is 9.65. The molecule has 1 aromatic heterocycles. The lowest BCUT2D eigenvalue weighted by Crippen LogP contribution is -1.99. The molecule has 3 aromatic rings. The third kappa shape index (κ3) is 2.32. The van der Waals surface area contributed by atoms with Gasteiger partial charge < -0.3 is 0 Å². The number of hydrogen-bond acceptors (Lipinski definition) is 1. The summed E-state index contributed by atoms with van der Waals surface area (Å²) < 4.78 is 2.76. The average Bonchev–Trinajstić information content (AvgIpc) is 2.84. The van der Waals surface area contributed by atoms with E-state index in [2.05, 4.69) is 49.3 Å². The highest BCUT2D eigenvalue weighted by molar-refractivity contribution is 7.71. The van der Waals surface area contributed by atoms with Gasteiger partial charge in [0.1, 0.15) is 4.64 Å². The van der Waals surface area contributed by atoms with E-state index in [1.54, 1.807) is 0 Å². The number of aryl methyl sites for hydroxylation is 2. The van der Waals surface area contributed by atoms with Gasteiger partial charge in [-0.05, 0) is 36.6 Å². The third-order valence-electron chi connectivity index (χ3n) is 3.41. The van der Waals surface area contributed by atoms with Gasteiger partial charge in [-0.15, -0.1) is 0 Å². The lowest BCUT2D eigenvalue weighted by Gasteiger charge is -2.08. The van der Waals surface area contributed by atoms with E-state index in [9.17, 15) is 0 Å². The van der Waals surface area contributed by atoms with Gasteiger partial charge in [-0.1, -0.05) is 54.7 Å². The van der Waals surface area contributed by atoms with Crippen molar-refractivity contribution in [3.8, 4) is 16.9 Å². The van der Waals surface area contributed by atoms with Crippen molar-refractivity contribution < 1.29 is 0 Å². The maximum Gasteiger partial charge on any atom is 0.128 e. The molecule has 0 bridgehead atoms. The lowest BCUT2D eigenvalue weighted by molar-refractivity contribution is 0.863. The predicted octanol–water partition coefficient (Wildman–Crippen LogP) is 4.82. The van der Waals surface area contributed by atoms with E-state index >= 15 is 0 Å². The summed E-state index contributed by atoms with van der Waals surface area (Å²) in [5.41, 5.74) is 5.72. The van der Waals surface area contributed by atoms with Gasteiger partial charge in [0.2, 0.25) is 0 Å². The predicted molar refractivity (Wildman–Crippen MR) is 85.9 cm³/mol. The quantitative estimate of drug-likeness (QED) is 0.667. The Kier molecular flexibility index (Phi) is 3.28. The smallest absolute Gasteiger partial charge is 0.128 e. The number of nitrogens with zero attached hydrogens (tertiary/aromatic N) is 1. The number of nitrogens with one attached hydrogen (secondary N) is 1. The molecule has 0 saturated heterocycles. The minimum atomic E-state index is 0.789. The van der Waals surface area contributed by atoms with Crippen LogP contribution in [-0.4, -0.2) is 9.78 Å². The van der Waals surface area contributed by atoms with Crippen LogP contribution in [0.4, 0.5) is 0 Å². The van der Waals surface area contributed by atoms with Gasteiger partial charge in [0.05, 0.1) is 11.4 Å². The van der Waals surface area contributed by atoms with Crippen LogP contribution in [0.5, 0.6) is 0 Å². The highest BCUT2D eigenvalue weighted by atomic mass is 32.1. The topological polar surface area (TPSA) is 20.7 Å². The fourth-order valence-electron chi connectivity index (χ4n) is 2.30. The SMILES string of the molecule is Cc1ccc(C)c(-n2[nH]c(-c3ccccc3)cc2=S)c1. The second kappa shape index (κ2) is 5.10. The van der Waals surface area contributed by atoms with E-state index in [1.807, 2.05) is 28.9 Å². The summed E-state index contributed by atoms with van der Waals surface area (Å²) in [5, 5.41) is 3.39. The zero-order chi connectivity index (χ0) is 14.1. The molecule has 3 heteroatoms. The summed E-state index contributed by atoms with van der Waals surface area (Å²) in [6.45, 7) is 4.19. The molecule has 0 atom stereocenters. The molecule has 0 aliphatic heterocycles. The molecule has 0 aliphatic carbocycles. The van der Waals surface area contributed by atoms with Crippen molar-refractivity contribution in [3.05, 3.63) is 70.4 Å². The Labute approximate surface area is 123 Å². The molecule has 0 saturated carbocycles. The van der Waals surface area contributed by atoms with Crippen LogP contribution in [0.15, 0.2) is 54.6 Å². The number of benzene rings is 2. The first kappa shape index (κ1) is 12.9. The minimum Gasteiger partial charge on any atom is -0.292 e. The Balaban J connectivity index is 2.15. The summed E-state index contributed by atoms with van der Waals surface area (Å²) >= 11 is 5.49. The lowest BCUT2D eigenvalue weighted by atomic mass is 10.1. The van der Waals surface area contributed by atoms with E-state index in [4.69, 9.17) is 12.2 Å². The van der Waals surface area contributed by atoms with Crippen molar-refractivity contribution in [1.29, 1.82) is 0 Å². The summed E-state index contributed by atoms with van der Waals surface area (Å²) in [6, 6.07) is 18.6. The van der Waals surface area contributed by atoms with Gasteiger partial charge in [0.15, 0.2) is 0 Å². The Morgan fingerprint density at radius 3 is 2.45 bits per heavy atom. The largest absolute Gasteiger partial charge is 0.292 e. The molecule has 0 fully saturated rings. The fraction of sp³-hybridized carbons (Fsp3) is 0.118. The average molecular weight is 280 g/mol. The highest BCUT2D eigenvalue weighted by Gasteiger charge is 2.07. The number of hydrogen-bond donors (Lipinski definition) is 1. The van der Waals surface area contributed by atoms with Crippen molar-refractivity contribution in [2.45, 2.75) is 13.8 Å². The molecular formula is C17H16N2S. The van der Waals surface area contributed by atoms with Crippen molar-refractivity contribution in [2.24, 2.45) is 0 Å². The van der Waals surface area contributed by atoms with Gasteiger partial charge in [0, 0.05) is 6.07 Å². The second-order valence-electron chi connectivity index (χ2n) is 5.00. The van der Waals surface area contributed by atoms with Crippen molar-refractivity contribution in [1.82, 2.24) is 9.78 Å². The van der Waals surface area contributed by atoms with E-state index in [0.29, 0.717) is 0 Å². The Morgan fingerprint density at radius 2 is 1.70 bits per heavy atom. The summed E-state index contributed by atoms with van der Waals surface area (Å²) in [4.78, 5) is 0. The first-order valence-electron chi connectivity index (χ1n) is 6.60. The van der Waals surface area contributed by atoms with Crippen LogP contribution in [0.3, 0.4) is 0 Å². The molecule has 0 radical (unpaired) electrons. The monoisotopic (exact) mass is 280 g/mol. The maximum atomic E-state index is 5.49. The van der Waals surface area contributed by atoms with Crippen LogP contribution in [0.1, 0.15) is 11.1 Å². The van der Waals surface area contributed by atoms with Crippen LogP contribution in [0, 0.1) is 18.5 Å². The second-order valence-corrected chi connectivity index (χ2v) is 5.42. The van der Waals surface area contributed by atoms with Gasteiger partial charge in [0.25, 0.3) is 0 Å². The molecule has 1 heterocycles. The molecule has 1 N–H and O–H groups in total. The molecular weight excluding hydrogens is 264 g/mol. The van der Waals surface area contributed by atoms with Crippen molar-refractivity contribution in [2.75, 3.05) is 0 Å². The van der Waals surface area contributed by atoms with Gasteiger partial charge in [-0.3, -0.25) is 5.10 Å². The fourth-order valence-corrected chi connectivity index (χ4v) is 2.56. The molecule has 100 valence electrons. The minimum absolute atomic E-state index is 0.789. The molecule has 0 amide bonds. The normalized spacial score (nSPS) is 10.7. The molecule has 2 aromatic carbocycles.